The quantitative estimate of drug-likeness (QED) is 0.277. The Kier molecular flexibility index (Phi) is 8.76. The van der Waals surface area contributed by atoms with Crippen molar-refractivity contribution < 1.29 is 65.5 Å². The van der Waals surface area contributed by atoms with Crippen LogP contribution in [0.15, 0.2) is 52.6 Å². The first kappa shape index (κ1) is 24.0. The Labute approximate surface area is 228 Å². The van der Waals surface area contributed by atoms with Gasteiger partial charge in [0.25, 0.3) is 5.91 Å². The third-order valence-corrected chi connectivity index (χ3v) is 5.53. The van der Waals surface area contributed by atoms with Gasteiger partial charge in [0.05, 0.1) is 35.5 Å². The van der Waals surface area contributed by atoms with Crippen LogP contribution in [0.2, 0.25) is 0 Å². The number of fused-ring (bicyclic) bond motifs is 1. The van der Waals surface area contributed by atoms with E-state index in [4.69, 9.17) is 4.74 Å². The van der Waals surface area contributed by atoms with Gasteiger partial charge in [-0.3, -0.25) is 4.79 Å². The van der Waals surface area contributed by atoms with E-state index in [0.29, 0.717) is 18.1 Å². The van der Waals surface area contributed by atoms with E-state index in [9.17, 15) is 4.79 Å². The summed E-state index contributed by atoms with van der Waals surface area (Å²) in [5.41, 5.74) is 3.16. The number of rotatable bonds is 6. The van der Waals surface area contributed by atoms with Crippen molar-refractivity contribution in [1.29, 1.82) is 0 Å². The van der Waals surface area contributed by atoms with Crippen LogP contribution in [0.3, 0.4) is 0 Å². The maximum Gasteiger partial charge on any atom is 1.00 e. The number of aromatic nitrogens is 1. The molecular formula is C22H22KN5O2S. The summed E-state index contributed by atoms with van der Waals surface area (Å²) in [4.78, 5) is 22.1. The zero-order valence-corrected chi connectivity index (χ0v) is 21.7. The number of anilines is 1. The minimum Gasteiger partial charge on any atom is -0.560 e. The van der Waals surface area contributed by atoms with Crippen molar-refractivity contribution in [2.75, 3.05) is 24.7 Å². The number of hydrogen-bond acceptors (Lipinski definition) is 6. The molecule has 3 heterocycles. The molecule has 1 amide bonds. The molecule has 2 N–H and O–H groups in total. The summed E-state index contributed by atoms with van der Waals surface area (Å²) >= 11 is 1.65. The average molecular weight is 460 g/mol. The van der Waals surface area contributed by atoms with Crippen LogP contribution in [0.25, 0.3) is 0 Å². The number of carbonyl (C=O) groups is 1. The Hall–Kier alpha value is -1.62. The molecule has 31 heavy (non-hydrogen) atoms. The van der Waals surface area contributed by atoms with Crippen molar-refractivity contribution in [2.24, 2.45) is 4.99 Å². The number of amides is 1. The third-order valence-electron chi connectivity index (χ3n) is 4.55. The minimum absolute atomic E-state index is 0. The molecule has 1 aromatic heterocycles. The van der Waals surface area contributed by atoms with Gasteiger partial charge in [-0.2, -0.15) is 0 Å². The standard InChI is InChI=1S/C22H22N5O2S.K/c1-15(23-6-7-24-19-13-27(2)14-19)16-4-3-5-18(10-16)26-21(28)17-11-20-22(25-12-17)29-8-9-30-20;/h3-5,7,10-15,23H,8-9H2,1-2H3,(H,26,28);/q-1;+1. The SMILES string of the molecule is CC(N[C-]=CN=C1C=[N+](C)[CH-]1)c1cccc(NC(=O)c2cnc3c(c2)SCCO3)c1.[K+]. The van der Waals surface area contributed by atoms with Crippen molar-refractivity contribution in [2.45, 2.75) is 17.9 Å². The van der Waals surface area contributed by atoms with Crippen molar-refractivity contribution in [3.8, 4) is 5.88 Å². The second-order valence-corrected chi connectivity index (χ2v) is 8.06. The zero-order chi connectivity index (χ0) is 20.9. The number of hydrogen-bond donors (Lipinski definition) is 2. The Morgan fingerprint density at radius 1 is 1.45 bits per heavy atom. The molecule has 7 nitrogen and oxygen atoms in total. The summed E-state index contributed by atoms with van der Waals surface area (Å²) in [5.74, 6) is 1.26. The van der Waals surface area contributed by atoms with Crippen LogP contribution in [0.4, 0.5) is 5.69 Å². The van der Waals surface area contributed by atoms with Gasteiger partial charge in [0, 0.05) is 23.7 Å². The number of ether oxygens (including phenoxy) is 1. The molecule has 1 atom stereocenters. The predicted molar refractivity (Wildman–Crippen MR) is 118 cm³/mol. The molecule has 0 radical (unpaired) electrons. The second kappa shape index (κ2) is 11.3. The first-order valence-corrected chi connectivity index (χ1v) is 10.6. The maximum atomic E-state index is 12.7. The van der Waals surface area contributed by atoms with E-state index in [0.717, 1.165) is 27.6 Å². The van der Waals surface area contributed by atoms with Crippen LogP contribution in [0.1, 0.15) is 28.9 Å². The fourth-order valence-electron chi connectivity index (χ4n) is 2.97. The van der Waals surface area contributed by atoms with Crippen LogP contribution in [0, 0.1) is 12.7 Å². The zero-order valence-electron chi connectivity index (χ0n) is 17.8. The van der Waals surface area contributed by atoms with E-state index in [2.05, 4.69) is 26.8 Å². The van der Waals surface area contributed by atoms with Crippen LogP contribution >= 0.6 is 11.8 Å². The molecule has 0 saturated carbocycles. The van der Waals surface area contributed by atoms with Crippen molar-refractivity contribution in [3.63, 3.8) is 0 Å². The summed E-state index contributed by atoms with van der Waals surface area (Å²) in [6.45, 7) is 4.59. The maximum absolute atomic E-state index is 12.7. The number of pyridine rings is 1. The number of nitrogens with one attached hydrogen (secondary N) is 2. The summed E-state index contributed by atoms with van der Waals surface area (Å²) in [6, 6.07) is 9.55. The van der Waals surface area contributed by atoms with Gasteiger partial charge in [-0.1, -0.05) is 12.1 Å². The molecule has 154 valence electrons. The molecule has 0 saturated heterocycles. The largest absolute Gasteiger partial charge is 1.00 e. The van der Waals surface area contributed by atoms with Crippen molar-refractivity contribution in [1.82, 2.24) is 10.3 Å². The van der Waals surface area contributed by atoms with E-state index < -0.39 is 0 Å². The van der Waals surface area contributed by atoms with Gasteiger partial charge in [-0.05, 0) is 30.7 Å². The van der Waals surface area contributed by atoms with Gasteiger partial charge in [0.15, 0.2) is 0 Å². The summed E-state index contributed by atoms with van der Waals surface area (Å²) in [5, 5.41) is 6.11. The topological polar surface area (TPSA) is 78.6 Å². The van der Waals surface area contributed by atoms with Gasteiger partial charge in [-0.25, -0.2) is 4.98 Å². The van der Waals surface area contributed by atoms with E-state index in [-0.39, 0.29) is 63.3 Å². The van der Waals surface area contributed by atoms with Crippen molar-refractivity contribution >= 4 is 35.3 Å². The number of aliphatic imine (C=N–C) groups is 1. The molecule has 9 heteroatoms. The molecular weight excluding hydrogens is 437 g/mol. The first-order valence-electron chi connectivity index (χ1n) is 9.58. The van der Waals surface area contributed by atoms with Gasteiger partial charge in [0.1, 0.15) is 7.05 Å². The molecule has 2 aliphatic rings. The Bertz CT molecular complexity index is 1050. The molecule has 0 aliphatic carbocycles. The second-order valence-electron chi connectivity index (χ2n) is 6.92. The molecule has 1 unspecified atom stereocenters. The molecule has 0 bridgehead atoms. The van der Waals surface area contributed by atoms with E-state index in [1.165, 1.54) is 0 Å². The number of nitrogens with zero attached hydrogens (tertiary/aromatic N) is 3. The monoisotopic (exact) mass is 459 g/mol. The minimum atomic E-state index is -0.200. The Morgan fingerprint density at radius 3 is 3.10 bits per heavy atom. The summed E-state index contributed by atoms with van der Waals surface area (Å²) < 4.78 is 7.43. The van der Waals surface area contributed by atoms with E-state index in [1.54, 1.807) is 24.2 Å². The van der Waals surface area contributed by atoms with Gasteiger partial charge in [0.2, 0.25) is 5.88 Å². The smallest absolute Gasteiger partial charge is 0.560 e. The average Bonchev–Trinajstić information content (AvgIpc) is 2.74. The Morgan fingerprint density at radius 2 is 2.29 bits per heavy atom. The number of benzene rings is 1. The van der Waals surface area contributed by atoms with E-state index in [1.807, 2.05) is 61.6 Å². The molecule has 4 rings (SSSR count). The fraction of sp³-hybridized carbons (Fsp3) is 0.227. The molecule has 1 aromatic carbocycles. The summed E-state index contributed by atoms with van der Waals surface area (Å²) in [6.07, 6.45) is 8.07. The normalized spacial score (nSPS) is 16.7. The summed E-state index contributed by atoms with van der Waals surface area (Å²) in [7, 11) is 1.95. The molecule has 0 spiro atoms. The molecule has 2 aliphatic heterocycles. The Balaban J connectivity index is 0.00000272. The number of thioether (sulfide) groups is 1. The molecule has 0 fully saturated rings. The van der Waals surface area contributed by atoms with Crippen LogP contribution in [0.5, 0.6) is 5.88 Å². The van der Waals surface area contributed by atoms with Gasteiger partial charge in [-0.15, -0.1) is 18.0 Å². The van der Waals surface area contributed by atoms with E-state index >= 15 is 0 Å². The van der Waals surface area contributed by atoms with Crippen LogP contribution in [-0.4, -0.2) is 46.8 Å². The van der Waals surface area contributed by atoms with Gasteiger partial charge < -0.3 is 31.1 Å². The van der Waals surface area contributed by atoms with Crippen LogP contribution in [-0.2, 0) is 0 Å². The first-order chi connectivity index (χ1) is 14.6. The fourth-order valence-corrected chi connectivity index (χ4v) is 3.80. The number of carbonyl (C=O) groups excluding carboxylic acids is 1. The predicted octanol–water partition coefficient (Wildman–Crippen LogP) is 0.0769. The van der Waals surface area contributed by atoms with Crippen LogP contribution < -0.4 is 66.8 Å². The molecule has 2 aromatic rings. The van der Waals surface area contributed by atoms with Gasteiger partial charge >= 0.3 is 51.4 Å². The van der Waals surface area contributed by atoms with Crippen molar-refractivity contribution in [3.05, 3.63) is 66.6 Å². The third kappa shape index (κ3) is 6.44.